The molecule has 1 aromatic carbocycles. The third kappa shape index (κ3) is 2.06. The van der Waals surface area contributed by atoms with E-state index >= 15 is 0 Å². The summed E-state index contributed by atoms with van der Waals surface area (Å²) in [6.07, 6.45) is 13.5. The highest BCUT2D eigenvalue weighted by atomic mass is 16.3. The second-order valence-electron chi connectivity index (χ2n) is 5.12. The summed E-state index contributed by atoms with van der Waals surface area (Å²) in [5.41, 5.74) is 4.97. The van der Waals surface area contributed by atoms with Gasteiger partial charge in [-0.2, -0.15) is 0 Å². The average Bonchev–Trinajstić information content (AvgIpc) is 2.59. The molecule has 0 radical (unpaired) electrons. The molecular weight excluding hydrogens is 232 g/mol. The second-order valence-corrected chi connectivity index (χ2v) is 5.12. The number of aromatic hydroxyl groups is 1. The van der Waals surface area contributed by atoms with E-state index in [1.807, 2.05) is 12.1 Å². The van der Waals surface area contributed by atoms with Crippen LogP contribution in [0.15, 0.2) is 60.7 Å². The van der Waals surface area contributed by atoms with Crippen molar-refractivity contribution in [1.82, 2.24) is 0 Å². The molecule has 1 N–H and O–H groups in total. The highest BCUT2D eigenvalue weighted by molar-refractivity contribution is 5.77. The summed E-state index contributed by atoms with van der Waals surface area (Å²) in [5.74, 6) is 0.887. The maximum atomic E-state index is 10.1. The summed E-state index contributed by atoms with van der Waals surface area (Å²) in [4.78, 5) is 0. The highest BCUT2D eigenvalue weighted by Gasteiger charge is 2.23. The van der Waals surface area contributed by atoms with Crippen molar-refractivity contribution in [3.05, 3.63) is 71.9 Å². The van der Waals surface area contributed by atoms with Crippen LogP contribution < -0.4 is 0 Å². The molecule has 0 saturated carbocycles. The van der Waals surface area contributed by atoms with Gasteiger partial charge in [-0.3, -0.25) is 0 Å². The number of phenolic OH excluding ortho intramolecular Hbond substituents is 1. The molecule has 2 aliphatic carbocycles. The number of hydrogen-bond acceptors (Lipinski definition) is 1. The maximum absolute atomic E-state index is 10.1. The fourth-order valence-corrected chi connectivity index (χ4v) is 3.11. The lowest BCUT2D eigenvalue weighted by molar-refractivity contribution is 0.466. The van der Waals surface area contributed by atoms with Crippen molar-refractivity contribution >= 4 is 5.57 Å². The molecule has 0 fully saturated rings. The Bertz CT molecular complexity index is 602. The lowest BCUT2D eigenvalue weighted by atomic mass is 9.87. The molecule has 0 bridgehead atoms. The molecule has 0 aliphatic heterocycles. The molecule has 0 heterocycles. The van der Waals surface area contributed by atoms with Gasteiger partial charge in [0.1, 0.15) is 5.75 Å². The van der Waals surface area contributed by atoms with Crippen LogP contribution in [-0.2, 0) is 6.42 Å². The van der Waals surface area contributed by atoms with Gasteiger partial charge in [0.15, 0.2) is 0 Å². The van der Waals surface area contributed by atoms with Crippen LogP contribution in [0.2, 0.25) is 0 Å². The van der Waals surface area contributed by atoms with Crippen LogP contribution in [0.1, 0.15) is 24.0 Å². The highest BCUT2D eigenvalue weighted by Crippen LogP contribution is 2.40. The van der Waals surface area contributed by atoms with Crippen molar-refractivity contribution in [2.24, 2.45) is 5.92 Å². The number of benzene rings is 1. The zero-order valence-electron chi connectivity index (χ0n) is 11.0. The lowest BCUT2D eigenvalue weighted by Gasteiger charge is -2.18. The molecule has 0 aromatic heterocycles. The molecule has 0 amide bonds. The lowest BCUT2D eigenvalue weighted by Crippen LogP contribution is -2.03. The normalized spacial score (nSPS) is 20.7. The van der Waals surface area contributed by atoms with Gasteiger partial charge in [0.2, 0.25) is 0 Å². The van der Waals surface area contributed by atoms with Crippen molar-refractivity contribution in [2.45, 2.75) is 19.3 Å². The summed E-state index contributed by atoms with van der Waals surface area (Å²) in [5, 5.41) is 10.1. The molecule has 1 heteroatoms. The fourth-order valence-electron chi connectivity index (χ4n) is 3.11. The van der Waals surface area contributed by atoms with Crippen molar-refractivity contribution in [2.75, 3.05) is 0 Å². The minimum Gasteiger partial charge on any atom is -0.508 e. The van der Waals surface area contributed by atoms with Gasteiger partial charge in [0.05, 0.1) is 0 Å². The van der Waals surface area contributed by atoms with E-state index in [2.05, 4.69) is 36.9 Å². The summed E-state index contributed by atoms with van der Waals surface area (Å²) < 4.78 is 0. The smallest absolute Gasteiger partial charge is 0.119 e. The van der Waals surface area contributed by atoms with Gasteiger partial charge in [-0.05, 0) is 42.0 Å². The Balaban J connectivity index is 2.22. The van der Waals surface area contributed by atoms with E-state index < -0.39 is 0 Å². The first kappa shape index (κ1) is 12.0. The first-order chi connectivity index (χ1) is 9.31. The van der Waals surface area contributed by atoms with E-state index in [4.69, 9.17) is 0 Å². The molecule has 19 heavy (non-hydrogen) atoms. The van der Waals surface area contributed by atoms with Gasteiger partial charge in [0, 0.05) is 11.5 Å². The number of allylic oxidation sites excluding steroid dienone is 7. The van der Waals surface area contributed by atoms with E-state index in [0.717, 1.165) is 24.8 Å². The Morgan fingerprint density at radius 2 is 2.21 bits per heavy atom. The second kappa shape index (κ2) is 4.93. The van der Waals surface area contributed by atoms with Crippen LogP contribution in [0.5, 0.6) is 5.75 Å². The van der Waals surface area contributed by atoms with Gasteiger partial charge in [-0.25, -0.2) is 0 Å². The van der Waals surface area contributed by atoms with E-state index in [0.29, 0.717) is 11.7 Å². The zero-order valence-corrected chi connectivity index (χ0v) is 11.0. The topological polar surface area (TPSA) is 20.2 Å². The Morgan fingerprint density at radius 3 is 3.05 bits per heavy atom. The van der Waals surface area contributed by atoms with Gasteiger partial charge in [0.25, 0.3) is 0 Å². The predicted octanol–water partition coefficient (Wildman–Crippen LogP) is 4.41. The van der Waals surface area contributed by atoms with Crippen molar-refractivity contribution < 1.29 is 5.11 Å². The van der Waals surface area contributed by atoms with Gasteiger partial charge in [-0.15, -0.1) is 6.58 Å². The Hall–Kier alpha value is -2.02. The molecule has 0 saturated heterocycles. The first-order valence-corrected chi connectivity index (χ1v) is 6.81. The van der Waals surface area contributed by atoms with Crippen LogP contribution in [-0.4, -0.2) is 5.11 Å². The first-order valence-electron chi connectivity index (χ1n) is 6.81. The van der Waals surface area contributed by atoms with Crippen LogP contribution in [0.4, 0.5) is 0 Å². The standard InChI is InChI=1S/C18H18O/c1-2-6-15-14-8-4-3-7-13(14)11-12-17-16(15)9-5-10-18(17)19/h2-5,7-10,13,19H,1,6,11-12H2. The van der Waals surface area contributed by atoms with E-state index in [-0.39, 0.29) is 0 Å². The molecule has 1 atom stereocenters. The monoisotopic (exact) mass is 250 g/mol. The minimum absolute atomic E-state index is 0.422. The van der Waals surface area contributed by atoms with Crippen LogP contribution in [0.25, 0.3) is 5.57 Å². The molecular formula is C18H18O. The summed E-state index contributed by atoms with van der Waals surface area (Å²) in [6.45, 7) is 3.88. The largest absolute Gasteiger partial charge is 0.508 e. The summed E-state index contributed by atoms with van der Waals surface area (Å²) in [7, 11) is 0. The Labute approximate surface area is 114 Å². The quantitative estimate of drug-likeness (QED) is 0.771. The van der Waals surface area contributed by atoms with Crippen molar-refractivity contribution in [1.29, 1.82) is 0 Å². The van der Waals surface area contributed by atoms with Gasteiger partial charge >= 0.3 is 0 Å². The summed E-state index contributed by atoms with van der Waals surface area (Å²) in [6, 6.07) is 5.84. The van der Waals surface area contributed by atoms with Crippen molar-refractivity contribution in [3.63, 3.8) is 0 Å². The minimum atomic E-state index is 0.422. The van der Waals surface area contributed by atoms with Crippen LogP contribution in [0.3, 0.4) is 0 Å². The Morgan fingerprint density at radius 1 is 1.32 bits per heavy atom. The Kier molecular flexibility index (Phi) is 3.12. The predicted molar refractivity (Wildman–Crippen MR) is 79.9 cm³/mol. The number of hydrogen-bond donors (Lipinski definition) is 1. The number of fused-ring (bicyclic) bond motifs is 2. The third-order valence-electron chi connectivity index (χ3n) is 4.01. The average molecular weight is 250 g/mol. The molecule has 1 unspecified atom stereocenters. The molecule has 1 aromatic rings. The van der Waals surface area contributed by atoms with Crippen LogP contribution >= 0.6 is 0 Å². The van der Waals surface area contributed by atoms with Gasteiger partial charge in [-0.1, -0.05) is 42.5 Å². The molecule has 2 aliphatic rings. The molecule has 1 nitrogen and oxygen atoms in total. The maximum Gasteiger partial charge on any atom is 0.119 e. The third-order valence-corrected chi connectivity index (χ3v) is 4.01. The van der Waals surface area contributed by atoms with Gasteiger partial charge < -0.3 is 5.11 Å². The molecule has 0 spiro atoms. The molecule has 96 valence electrons. The summed E-state index contributed by atoms with van der Waals surface area (Å²) >= 11 is 0. The van der Waals surface area contributed by atoms with Crippen molar-refractivity contribution in [3.8, 4) is 5.75 Å². The fraction of sp³-hybridized carbons (Fsp3) is 0.222. The van der Waals surface area contributed by atoms with Crippen LogP contribution in [0, 0.1) is 5.92 Å². The van der Waals surface area contributed by atoms with E-state index in [1.54, 1.807) is 6.07 Å². The van der Waals surface area contributed by atoms with E-state index in [9.17, 15) is 5.11 Å². The zero-order chi connectivity index (χ0) is 13.2. The number of phenols is 1. The molecule has 3 rings (SSSR count). The number of rotatable bonds is 2. The van der Waals surface area contributed by atoms with E-state index in [1.165, 1.54) is 16.7 Å². The SMILES string of the molecule is C=CCC1=C2C=CC=CC2CCc2c(O)cccc21.